The Labute approximate surface area is 94.6 Å². The van der Waals surface area contributed by atoms with Crippen LogP contribution in [-0.2, 0) is 4.79 Å². The van der Waals surface area contributed by atoms with E-state index in [0.717, 1.165) is 6.42 Å². The molecule has 0 spiro atoms. The zero-order valence-corrected chi connectivity index (χ0v) is 11.3. The van der Waals surface area contributed by atoms with E-state index in [4.69, 9.17) is 0 Å². The molecule has 0 saturated heterocycles. The third-order valence-corrected chi connectivity index (χ3v) is 5.27. The number of ketones is 1. The first-order chi connectivity index (χ1) is 6.67. The van der Waals surface area contributed by atoms with Crippen LogP contribution in [0.15, 0.2) is 0 Å². The maximum absolute atomic E-state index is 11.9. The summed E-state index contributed by atoms with van der Waals surface area (Å²) in [6, 6.07) is 0. The largest absolute Gasteiger partial charge is 0.300 e. The van der Waals surface area contributed by atoms with Gasteiger partial charge in [0.15, 0.2) is 0 Å². The molecule has 1 fully saturated rings. The van der Waals surface area contributed by atoms with Gasteiger partial charge in [0.1, 0.15) is 5.78 Å². The van der Waals surface area contributed by atoms with Gasteiger partial charge < -0.3 is 0 Å². The lowest BCUT2D eigenvalue weighted by molar-refractivity contribution is -0.125. The van der Waals surface area contributed by atoms with Gasteiger partial charge in [-0.15, -0.1) is 0 Å². The Morgan fingerprint density at radius 1 is 1.13 bits per heavy atom. The third-order valence-electron chi connectivity index (χ3n) is 5.27. The highest BCUT2D eigenvalue weighted by Gasteiger charge is 2.57. The molecule has 15 heavy (non-hydrogen) atoms. The molecule has 0 radical (unpaired) electrons. The molecule has 1 aliphatic carbocycles. The maximum Gasteiger partial charge on any atom is 0.133 e. The Kier molecular flexibility index (Phi) is 3.06. The summed E-state index contributed by atoms with van der Waals surface area (Å²) in [5.41, 5.74) is 0.435. The van der Waals surface area contributed by atoms with E-state index in [1.807, 2.05) is 0 Å². The van der Waals surface area contributed by atoms with Gasteiger partial charge in [0.05, 0.1) is 0 Å². The molecule has 1 aliphatic rings. The SMILES string of the molecule is CCC1C(C(C)=O)C(C)(C)C(C)C1(C)C. The summed E-state index contributed by atoms with van der Waals surface area (Å²) in [5, 5.41) is 0. The van der Waals surface area contributed by atoms with E-state index in [1.165, 1.54) is 0 Å². The van der Waals surface area contributed by atoms with E-state index >= 15 is 0 Å². The van der Waals surface area contributed by atoms with Crippen LogP contribution >= 0.6 is 0 Å². The second kappa shape index (κ2) is 3.61. The summed E-state index contributed by atoms with van der Waals surface area (Å²) in [4.78, 5) is 11.9. The Morgan fingerprint density at radius 3 is 1.87 bits per heavy atom. The molecule has 0 N–H and O–H groups in total. The van der Waals surface area contributed by atoms with E-state index in [1.54, 1.807) is 6.92 Å². The highest BCUT2D eigenvalue weighted by atomic mass is 16.1. The molecule has 0 aliphatic heterocycles. The van der Waals surface area contributed by atoms with Crippen molar-refractivity contribution >= 4 is 5.78 Å². The van der Waals surface area contributed by atoms with Gasteiger partial charge in [-0.3, -0.25) is 4.79 Å². The van der Waals surface area contributed by atoms with Crippen LogP contribution in [0, 0.1) is 28.6 Å². The van der Waals surface area contributed by atoms with Gasteiger partial charge in [0.25, 0.3) is 0 Å². The Balaban J connectivity index is 3.20. The number of hydrogen-bond donors (Lipinski definition) is 0. The third kappa shape index (κ3) is 1.64. The van der Waals surface area contributed by atoms with Crippen molar-refractivity contribution < 1.29 is 4.79 Å². The van der Waals surface area contributed by atoms with Crippen LogP contribution in [0.2, 0.25) is 0 Å². The molecule has 0 bridgehead atoms. The monoisotopic (exact) mass is 210 g/mol. The molecule has 3 atom stereocenters. The van der Waals surface area contributed by atoms with Gasteiger partial charge in [-0.05, 0) is 29.6 Å². The molecular formula is C14H26O. The van der Waals surface area contributed by atoms with E-state index in [0.29, 0.717) is 17.6 Å². The fourth-order valence-electron chi connectivity index (χ4n) is 4.07. The van der Waals surface area contributed by atoms with Gasteiger partial charge in [-0.1, -0.05) is 48.0 Å². The Hall–Kier alpha value is -0.330. The summed E-state index contributed by atoms with van der Waals surface area (Å²) in [5.74, 6) is 1.76. The van der Waals surface area contributed by atoms with Crippen molar-refractivity contribution in [1.82, 2.24) is 0 Å². The van der Waals surface area contributed by atoms with Crippen molar-refractivity contribution in [3.05, 3.63) is 0 Å². The van der Waals surface area contributed by atoms with Crippen LogP contribution in [0.4, 0.5) is 0 Å². The predicted octanol–water partition coefficient (Wildman–Crippen LogP) is 3.92. The van der Waals surface area contributed by atoms with Gasteiger partial charge in [-0.25, -0.2) is 0 Å². The van der Waals surface area contributed by atoms with Crippen molar-refractivity contribution in [1.29, 1.82) is 0 Å². The lowest BCUT2D eigenvalue weighted by Crippen LogP contribution is -2.31. The van der Waals surface area contributed by atoms with Crippen LogP contribution in [0.5, 0.6) is 0 Å². The number of carbonyl (C=O) groups excluding carboxylic acids is 1. The van der Waals surface area contributed by atoms with Crippen LogP contribution < -0.4 is 0 Å². The molecular weight excluding hydrogens is 184 g/mol. The van der Waals surface area contributed by atoms with Crippen molar-refractivity contribution in [3.8, 4) is 0 Å². The first-order valence-corrected chi connectivity index (χ1v) is 6.17. The summed E-state index contributed by atoms with van der Waals surface area (Å²) in [6.07, 6.45) is 1.12. The number of rotatable bonds is 2. The zero-order chi connectivity index (χ0) is 12.0. The van der Waals surface area contributed by atoms with Crippen LogP contribution in [-0.4, -0.2) is 5.78 Å². The van der Waals surface area contributed by atoms with Gasteiger partial charge in [0, 0.05) is 5.92 Å². The second-order valence-electron chi connectivity index (χ2n) is 6.47. The molecule has 0 aromatic rings. The minimum Gasteiger partial charge on any atom is -0.300 e. The highest BCUT2D eigenvalue weighted by molar-refractivity contribution is 5.80. The standard InChI is InChI=1S/C14H26O/c1-8-11-12(9(2)15)14(6,7)10(3)13(11,4)5/h10-12H,8H2,1-7H3. The van der Waals surface area contributed by atoms with Crippen molar-refractivity contribution in [2.24, 2.45) is 28.6 Å². The molecule has 88 valence electrons. The van der Waals surface area contributed by atoms with Crippen molar-refractivity contribution in [2.45, 2.75) is 54.9 Å². The Bertz CT molecular complexity index is 263. The van der Waals surface area contributed by atoms with Crippen LogP contribution in [0.25, 0.3) is 0 Å². The molecule has 3 unspecified atom stereocenters. The normalized spacial score (nSPS) is 37.9. The second-order valence-corrected chi connectivity index (χ2v) is 6.47. The average Bonchev–Trinajstić information content (AvgIpc) is 2.22. The first-order valence-electron chi connectivity index (χ1n) is 6.17. The Morgan fingerprint density at radius 2 is 1.60 bits per heavy atom. The minimum atomic E-state index is 0.149. The molecule has 1 rings (SSSR count). The number of Topliss-reactive ketones (excluding diaryl/α,β-unsaturated/α-hetero) is 1. The number of carbonyl (C=O) groups is 1. The number of hydrogen-bond acceptors (Lipinski definition) is 1. The van der Waals surface area contributed by atoms with Crippen molar-refractivity contribution in [2.75, 3.05) is 0 Å². The van der Waals surface area contributed by atoms with E-state index in [-0.39, 0.29) is 16.7 Å². The molecule has 0 amide bonds. The molecule has 1 saturated carbocycles. The lowest BCUT2D eigenvalue weighted by atomic mass is 9.71. The maximum atomic E-state index is 11.9. The molecule has 1 nitrogen and oxygen atoms in total. The molecule has 0 aromatic carbocycles. The summed E-state index contributed by atoms with van der Waals surface area (Å²) >= 11 is 0. The van der Waals surface area contributed by atoms with E-state index in [9.17, 15) is 4.79 Å². The van der Waals surface area contributed by atoms with E-state index in [2.05, 4.69) is 41.5 Å². The molecule has 1 heteroatoms. The predicted molar refractivity (Wildman–Crippen MR) is 64.7 cm³/mol. The van der Waals surface area contributed by atoms with Gasteiger partial charge >= 0.3 is 0 Å². The average molecular weight is 210 g/mol. The topological polar surface area (TPSA) is 17.1 Å². The van der Waals surface area contributed by atoms with Crippen LogP contribution in [0.3, 0.4) is 0 Å². The molecule has 0 aromatic heterocycles. The van der Waals surface area contributed by atoms with Crippen molar-refractivity contribution in [3.63, 3.8) is 0 Å². The summed E-state index contributed by atoms with van der Waals surface area (Å²) in [6.45, 7) is 15.5. The minimum absolute atomic E-state index is 0.149. The van der Waals surface area contributed by atoms with Gasteiger partial charge in [-0.2, -0.15) is 0 Å². The lowest BCUT2D eigenvalue weighted by Gasteiger charge is -2.34. The molecule has 0 heterocycles. The zero-order valence-electron chi connectivity index (χ0n) is 11.3. The quantitative estimate of drug-likeness (QED) is 0.675. The summed E-state index contributed by atoms with van der Waals surface area (Å²) in [7, 11) is 0. The summed E-state index contributed by atoms with van der Waals surface area (Å²) < 4.78 is 0. The highest BCUT2D eigenvalue weighted by Crippen LogP contribution is 2.61. The van der Waals surface area contributed by atoms with Crippen LogP contribution in [0.1, 0.15) is 54.9 Å². The fourth-order valence-corrected chi connectivity index (χ4v) is 4.07. The smallest absolute Gasteiger partial charge is 0.133 e. The first kappa shape index (κ1) is 12.7. The van der Waals surface area contributed by atoms with Gasteiger partial charge in [0.2, 0.25) is 0 Å². The van der Waals surface area contributed by atoms with E-state index < -0.39 is 0 Å². The fraction of sp³-hybridized carbons (Fsp3) is 0.929.